The lowest BCUT2D eigenvalue weighted by atomic mass is 9.93. The van der Waals surface area contributed by atoms with Gasteiger partial charge in [0.05, 0.1) is 24.0 Å². The SMILES string of the molecule is COC1CCCC(n2cc(C(C)N)nn2)C1. The van der Waals surface area contributed by atoms with E-state index in [0.29, 0.717) is 12.1 Å². The maximum Gasteiger partial charge on any atom is 0.0991 e. The number of methoxy groups -OCH3 is 1. The molecular formula is C11H20N4O. The van der Waals surface area contributed by atoms with Crippen LogP contribution in [0.25, 0.3) is 0 Å². The smallest absolute Gasteiger partial charge is 0.0991 e. The third-order valence-electron chi connectivity index (χ3n) is 3.30. The predicted octanol–water partition coefficient (Wildman–Crippen LogP) is 1.43. The van der Waals surface area contributed by atoms with Gasteiger partial charge < -0.3 is 10.5 Å². The highest BCUT2D eigenvalue weighted by atomic mass is 16.5. The van der Waals surface area contributed by atoms with Crippen molar-refractivity contribution >= 4 is 0 Å². The summed E-state index contributed by atoms with van der Waals surface area (Å²) < 4.78 is 7.36. The van der Waals surface area contributed by atoms with Gasteiger partial charge in [0.2, 0.25) is 0 Å². The molecule has 1 aliphatic carbocycles. The zero-order chi connectivity index (χ0) is 11.5. The number of rotatable bonds is 3. The topological polar surface area (TPSA) is 66.0 Å². The van der Waals surface area contributed by atoms with Crippen molar-refractivity contribution in [3.63, 3.8) is 0 Å². The summed E-state index contributed by atoms with van der Waals surface area (Å²) in [4.78, 5) is 0. The Morgan fingerprint density at radius 2 is 2.38 bits per heavy atom. The van der Waals surface area contributed by atoms with Crippen LogP contribution in [0.2, 0.25) is 0 Å². The van der Waals surface area contributed by atoms with E-state index in [0.717, 1.165) is 25.0 Å². The number of nitrogens with two attached hydrogens (primary N) is 1. The molecule has 1 fully saturated rings. The predicted molar refractivity (Wildman–Crippen MR) is 60.9 cm³/mol. The summed E-state index contributed by atoms with van der Waals surface area (Å²) in [5.74, 6) is 0. The van der Waals surface area contributed by atoms with Crippen LogP contribution in [0.15, 0.2) is 6.20 Å². The largest absolute Gasteiger partial charge is 0.381 e. The van der Waals surface area contributed by atoms with Crippen molar-refractivity contribution in [1.29, 1.82) is 0 Å². The summed E-state index contributed by atoms with van der Waals surface area (Å²) >= 11 is 0. The van der Waals surface area contributed by atoms with Crippen LogP contribution in [0.4, 0.5) is 0 Å². The molecule has 1 aromatic rings. The van der Waals surface area contributed by atoms with Crippen molar-refractivity contribution in [3.8, 4) is 0 Å². The minimum absolute atomic E-state index is 0.0458. The van der Waals surface area contributed by atoms with Crippen molar-refractivity contribution < 1.29 is 4.74 Å². The zero-order valence-electron chi connectivity index (χ0n) is 9.97. The first-order valence-electron chi connectivity index (χ1n) is 5.90. The van der Waals surface area contributed by atoms with Crippen molar-refractivity contribution in [3.05, 3.63) is 11.9 Å². The Labute approximate surface area is 96.0 Å². The summed E-state index contributed by atoms with van der Waals surface area (Å²) in [6, 6.07) is 0.370. The van der Waals surface area contributed by atoms with Crippen LogP contribution in [0, 0.1) is 0 Å². The maximum absolute atomic E-state index is 5.77. The van der Waals surface area contributed by atoms with E-state index in [1.165, 1.54) is 6.42 Å². The molecule has 0 bridgehead atoms. The summed E-state index contributed by atoms with van der Waals surface area (Å²) in [6.07, 6.45) is 6.85. The summed E-state index contributed by atoms with van der Waals surface area (Å²) in [6.45, 7) is 1.92. The number of ether oxygens (including phenoxy) is 1. The van der Waals surface area contributed by atoms with Gasteiger partial charge in [-0.2, -0.15) is 0 Å². The third kappa shape index (κ3) is 2.41. The molecule has 90 valence electrons. The first kappa shape index (κ1) is 11.5. The van der Waals surface area contributed by atoms with Crippen molar-refractivity contribution in [1.82, 2.24) is 15.0 Å². The fraction of sp³-hybridized carbons (Fsp3) is 0.818. The van der Waals surface area contributed by atoms with E-state index in [1.807, 2.05) is 17.8 Å². The molecule has 0 aromatic carbocycles. The van der Waals surface area contributed by atoms with Gasteiger partial charge in [-0.1, -0.05) is 5.21 Å². The van der Waals surface area contributed by atoms with Gasteiger partial charge in [-0.3, -0.25) is 0 Å². The molecule has 3 unspecified atom stereocenters. The molecule has 5 heteroatoms. The quantitative estimate of drug-likeness (QED) is 0.843. The molecule has 1 heterocycles. The van der Waals surface area contributed by atoms with Gasteiger partial charge in [-0.25, -0.2) is 4.68 Å². The highest BCUT2D eigenvalue weighted by molar-refractivity contribution is 4.98. The zero-order valence-corrected chi connectivity index (χ0v) is 9.97. The number of aromatic nitrogens is 3. The number of hydrogen-bond donors (Lipinski definition) is 1. The Kier molecular flexibility index (Phi) is 3.56. The van der Waals surface area contributed by atoms with E-state index in [-0.39, 0.29) is 6.04 Å². The lowest BCUT2D eigenvalue weighted by Crippen LogP contribution is -2.24. The van der Waals surface area contributed by atoms with E-state index in [1.54, 1.807) is 7.11 Å². The average Bonchev–Trinajstić information content (AvgIpc) is 2.78. The summed E-state index contributed by atoms with van der Waals surface area (Å²) in [5, 5.41) is 8.25. The maximum atomic E-state index is 5.77. The molecule has 3 atom stereocenters. The molecule has 1 aromatic heterocycles. The average molecular weight is 224 g/mol. The van der Waals surface area contributed by atoms with Gasteiger partial charge in [-0.15, -0.1) is 5.10 Å². The summed E-state index contributed by atoms with van der Waals surface area (Å²) in [5.41, 5.74) is 6.63. The molecule has 0 spiro atoms. The molecule has 0 aliphatic heterocycles. The van der Waals surface area contributed by atoms with Crippen molar-refractivity contribution in [2.75, 3.05) is 7.11 Å². The van der Waals surface area contributed by atoms with Gasteiger partial charge in [0.15, 0.2) is 0 Å². The van der Waals surface area contributed by atoms with E-state index in [2.05, 4.69) is 10.3 Å². The highest BCUT2D eigenvalue weighted by Crippen LogP contribution is 2.29. The van der Waals surface area contributed by atoms with Gasteiger partial charge in [0.1, 0.15) is 0 Å². The van der Waals surface area contributed by atoms with Gasteiger partial charge >= 0.3 is 0 Å². The second-order valence-electron chi connectivity index (χ2n) is 4.59. The lowest BCUT2D eigenvalue weighted by molar-refractivity contribution is 0.0504. The van der Waals surface area contributed by atoms with Gasteiger partial charge in [0, 0.05) is 13.2 Å². The molecular weight excluding hydrogens is 204 g/mol. The van der Waals surface area contributed by atoms with Gasteiger partial charge in [0.25, 0.3) is 0 Å². The van der Waals surface area contributed by atoms with Crippen LogP contribution in [0.1, 0.15) is 50.4 Å². The lowest BCUT2D eigenvalue weighted by Gasteiger charge is -2.27. The molecule has 0 saturated heterocycles. The van der Waals surface area contributed by atoms with E-state index < -0.39 is 0 Å². The molecule has 0 radical (unpaired) electrons. The fourth-order valence-electron chi connectivity index (χ4n) is 2.25. The standard InChI is InChI=1S/C11H20N4O/c1-8(12)11-7-15(14-13-11)9-4-3-5-10(6-9)16-2/h7-10H,3-6,12H2,1-2H3. The molecule has 1 saturated carbocycles. The molecule has 16 heavy (non-hydrogen) atoms. The third-order valence-corrected chi connectivity index (χ3v) is 3.30. The Bertz CT molecular complexity index is 336. The van der Waals surface area contributed by atoms with Crippen LogP contribution in [0.3, 0.4) is 0 Å². The first-order valence-corrected chi connectivity index (χ1v) is 5.90. The number of hydrogen-bond acceptors (Lipinski definition) is 4. The first-order chi connectivity index (χ1) is 7.70. The van der Waals surface area contributed by atoms with Crippen LogP contribution in [0.5, 0.6) is 0 Å². The Hall–Kier alpha value is -0.940. The summed E-state index contributed by atoms with van der Waals surface area (Å²) in [7, 11) is 1.78. The van der Waals surface area contributed by atoms with E-state index in [4.69, 9.17) is 10.5 Å². The molecule has 1 aliphatic rings. The Morgan fingerprint density at radius 1 is 1.56 bits per heavy atom. The highest BCUT2D eigenvalue weighted by Gasteiger charge is 2.24. The Balaban J connectivity index is 2.05. The molecule has 2 rings (SSSR count). The second-order valence-corrected chi connectivity index (χ2v) is 4.59. The minimum atomic E-state index is -0.0458. The number of nitrogens with zero attached hydrogens (tertiary/aromatic N) is 3. The molecule has 2 N–H and O–H groups in total. The van der Waals surface area contributed by atoms with Crippen LogP contribution in [-0.4, -0.2) is 28.2 Å². The normalized spacial score (nSPS) is 27.9. The monoisotopic (exact) mass is 224 g/mol. The van der Waals surface area contributed by atoms with E-state index in [9.17, 15) is 0 Å². The van der Waals surface area contributed by atoms with Gasteiger partial charge in [-0.05, 0) is 32.6 Å². The van der Waals surface area contributed by atoms with Crippen molar-refractivity contribution in [2.45, 2.75) is 50.8 Å². The van der Waals surface area contributed by atoms with Crippen LogP contribution < -0.4 is 5.73 Å². The Morgan fingerprint density at radius 3 is 3.00 bits per heavy atom. The minimum Gasteiger partial charge on any atom is -0.381 e. The van der Waals surface area contributed by atoms with Crippen LogP contribution >= 0.6 is 0 Å². The van der Waals surface area contributed by atoms with E-state index >= 15 is 0 Å². The second kappa shape index (κ2) is 4.93. The molecule has 5 nitrogen and oxygen atoms in total. The molecule has 0 amide bonds. The van der Waals surface area contributed by atoms with Crippen LogP contribution in [-0.2, 0) is 4.74 Å². The van der Waals surface area contributed by atoms with Crippen molar-refractivity contribution in [2.24, 2.45) is 5.73 Å². The fourth-order valence-corrected chi connectivity index (χ4v) is 2.25.